The lowest BCUT2D eigenvalue weighted by atomic mass is 9.95. The summed E-state index contributed by atoms with van der Waals surface area (Å²) in [5.74, 6) is 0.265. The number of hydrogen-bond acceptors (Lipinski definition) is 4. The predicted molar refractivity (Wildman–Crippen MR) is 114 cm³/mol. The monoisotopic (exact) mass is 455 g/mol. The maximum Gasteiger partial charge on any atom is 0.272 e. The van der Waals surface area contributed by atoms with Gasteiger partial charge in [-0.25, -0.2) is 4.68 Å². The van der Waals surface area contributed by atoms with Crippen molar-refractivity contribution in [3.8, 4) is 17.2 Å². The average Bonchev–Trinajstić information content (AvgIpc) is 3.13. The fourth-order valence-electron chi connectivity index (χ4n) is 3.70. The molecule has 1 aliphatic carbocycles. The van der Waals surface area contributed by atoms with Gasteiger partial charge in [0, 0.05) is 22.3 Å². The first-order chi connectivity index (χ1) is 14.1. The Bertz CT molecular complexity index is 1060. The molecule has 0 spiro atoms. The van der Waals surface area contributed by atoms with Gasteiger partial charge >= 0.3 is 0 Å². The van der Waals surface area contributed by atoms with Crippen LogP contribution in [-0.4, -0.2) is 27.9 Å². The number of carbonyl (C=O) groups excluding carboxylic acids is 1. The Balaban J connectivity index is 1.60. The molecule has 1 aliphatic rings. The van der Waals surface area contributed by atoms with Gasteiger partial charge in [0.15, 0.2) is 17.2 Å². The van der Waals surface area contributed by atoms with Gasteiger partial charge in [-0.3, -0.25) is 4.79 Å². The molecule has 0 bridgehead atoms. The summed E-state index contributed by atoms with van der Waals surface area (Å²) in [5.41, 5.74) is 4.43. The molecule has 0 atom stereocenters. The molecule has 1 aromatic heterocycles. The third kappa shape index (κ3) is 4.00. The molecular weight excluding hydrogens is 434 g/mol. The van der Waals surface area contributed by atoms with Crippen molar-refractivity contribution < 1.29 is 14.6 Å². The van der Waals surface area contributed by atoms with Crippen LogP contribution in [0.4, 0.5) is 0 Å². The molecule has 2 aromatic carbocycles. The number of aromatic nitrogens is 2. The summed E-state index contributed by atoms with van der Waals surface area (Å²) in [4.78, 5) is 12.9. The Hall–Kier alpha value is -2.80. The third-order valence-electron chi connectivity index (χ3n) is 5.15. The second kappa shape index (κ2) is 8.29. The number of nitrogens with one attached hydrogen (secondary N) is 1. The molecule has 0 radical (unpaired) electrons. The summed E-state index contributed by atoms with van der Waals surface area (Å²) in [6.07, 6.45) is 3.93. The normalized spacial score (nSPS) is 13.0. The average molecular weight is 456 g/mol. The minimum absolute atomic E-state index is 0.0735. The molecule has 0 unspecified atom stereocenters. The van der Waals surface area contributed by atoms with E-state index in [-0.39, 0.29) is 11.7 Å². The fourth-order valence-corrected chi connectivity index (χ4v) is 4.09. The van der Waals surface area contributed by atoms with Crippen molar-refractivity contribution in [2.45, 2.75) is 32.2 Å². The minimum Gasteiger partial charge on any atom is -0.504 e. The van der Waals surface area contributed by atoms with E-state index in [1.54, 1.807) is 18.2 Å². The van der Waals surface area contributed by atoms with E-state index in [4.69, 9.17) is 4.74 Å². The zero-order chi connectivity index (χ0) is 20.4. The van der Waals surface area contributed by atoms with Crippen molar-refractivity contribution in [2.75, 3.05) is 7.11 Å². The number of halogens is 1. The number of methoxy groups -OCH3 is 1. The number of amides is 1. The lowest BCUT2D eigenvalue weighted by Crippen LogP contribution is -2.24. The molecule has 1 heterocycles. The molecule has 0 aliphatic heterocycles. The summed E-state index contributed by atoms with van der Waals surface area (Å²) in [6, 6.07) is 13.0. The van der Waals surface area contributed by atoms with E-state index < -0.39 is 0 Å². The molecule has 2 N–H and O–H groups in total. The van der Waals surface area contributed by atoms with Crippen LogP contribution in [0, 0.1) is 0 Å². The van der Waals surface area contributed by atoms with Gasteiger partial charge in [-0.15, -0.1) is 0 Å². The Kier molecular flexibility index (Phi) is 5.58. The van der Waals surface area contributed by atoms with Crippen LogP contribution in [0.2, 0.25) is 0 Å². The quantitative estimate of drug-likeness (QED) is 0.605. The van der Waals surface area contributed by atoms with Gasteiger partial charge in [0.1, 0.15) is 0 Å². The van der Waals surface area contributed by atoms with Crippen molar-refractivity contribution in [1.29, 1.82) is 0 Å². The maximum atomic E-state index is 12.9. The van der Waals surface area contributed by atoms with Crippen LogP contribution in [-0.2, 0) is 19.4 Å². The highest BCUT2D eigenvalue weighted by molar-refractivity contribution is 9.10. The van der Waals surface area contributed by atoms with Gasteiger partial charge in [-0.05, 0) is 61.6 Å². The SMILES string of the molecule is COc1cc(CNC(=O)c2nn(-c3cccc(Br)c3)c3c2CCCC3)ccc1O. The maximum absolute atomic E-state index is 12.9. The van der Waals surface area contributed by atoms with Crippen molar-refractivity contribution in [3.05, 3.63) is 69.5 Å². The highest BCUT2D eigenvalue weighted by Crippen LogP contribution is 2.29. The van der Waals surface area contributed by atoms with Gasteiger partial charge < -0.3 is 15.2 Å². The highest BCUT2D eigenvalue weighted by Gasteiger charge is 2.25. The number of carbonyl (C=O) groups is 1. The van der Waals surface area contributed by atoms with E-state index >= 15 is 0 Å². The zero-order valence-corrected chi connectivity index (χ0v) is 17.7. The summed E-state index contributed by atoms with van der Waals surface area (Å²) in [7, 11) is 1.50. The smallest absolute Gasteiger partial charge is 0.272 e. The van der Waals surface area contributed by atoms with Crippen molar-refractivity contribution in [1.82, 2.24) is 15.1 Å². The lowest BCUT2D eigenvalue weighted by molar-refractivity contribution is 0.0944. The number of benzene rings is 2. The van der Waals surface area contributed by atoms with Gasteiger partial charge in [0.05, 0.1) is 12.8 Å². The van der Waals surface area contributed by atoms with Crippen LogP contribution in [0.25, 0.3) is 5.69 Å². The number of ether oxygens (including phenoxy) is 1. The van der Waals surface area contributed by atoms with Crippen molar-refractivity contribution in [3.63, 3.8) is 0 Å². The van der Waals surface area contributed by atoms with Gasteiger partial charge in [-0.1, -0.05) is 28.1 Å². The standard InChI is InChI=1S/C22H22BrN3O3/c1-29-20-11-14(9-10-19(20)27)13-24-22(28)21-17-7-2-3-8-18(17)26(25-21)16-6-4-5-15(23)12-16/h4-6,9-12,27H,2-3,7-8,13H2,1H3,(H,24,28). The first kappa shape index (κ1) is 19.5. The van der Waals surface area contributed by atoms with Crippen LogP contribution < -0.4 is 10.1 Å². The first-order valence-corrected chi connectivity index (χ1v) is 10.4. The molecule has 7 heteroatoms. The number of hydrogen-bond donors (Lipinski definition) is 2. The van der Waals surface area contributed by atoms with Gasteiger partial charge in [0.2, 0.25) is 0 Å². The van der Waals surface area contributed by atoms with Crippen LogP contribution in [0.5, 0.6) is 11.5 Å². The van der Waals surface area contributed by atoms with E-state index in [0.717, 1.165) is 52.7 Å². The van der Waals surface area contributed by atoms with E-state index in [0.29, 0.717) is 18.0 Å². The second-order valence-electron chi connectivity index (χ2n) is 7.06. The van der Waals surface area contributed by atoms with Crippen molar-refractivity contribution in [2.24, 2.45) is 0 Å². The largest absolute Gasteiger partial charge is 0.504 e. The molecule has 0 saturated heterocycles. The number of rotatable bonds is 5. The minimum atomic E-state index is -0.191. The molecule has 29 heavy (non-hydrogen) atoms. The number of aromatic hydroxyl groups is 1. The Morgan fingerprint density at radius 1 is 1.24 bits per heavy atom. The van der Waals surface area contributed by atoms with Crippen LogP contribution >= 0.6 is 15.9 Å². The molecule has 6 nitrogen and oxygen atoms in total. The molecule has 1 amide bonds. The first-order valence-electron chi connectivity index (χ1n) is 9.57. The summed E-state index contributed by atoms with van der Waals surface area (Å²) in [6.45, 7) is 0.327. The number of nitrogens with zero attached hydrogens (tertiary/aromatic N) is 2. The van der Waals surface area contributed by atoms with Crippen LogP contribution in [0.1, 0.15) is 40.2 Å². The number of phenols is 1. The van der Waals surface area contributed by atoms with Crippen LogP contribution in [0.3, 0.4) is 0 Å². The molecule has 0 fully saturated rings. The summed E-state index contributed by atoms with van der Waals surface area (Å²) < 4.78 is 8.01. The zero-order valence-electron chi connectivity index (χ0n) is 16.1. The Labute approximate surface area is 177 Å². The Morgan fingerprint density at radius 2 is 2.07 bits per heavy atom. The molecule has 3 aromatic rings. The highest BCUT2D eigenvalue weighted by atomic mass is 79.9. The van der Waals surface area contributed by atoms with E-state index in [9.17, 15) is 9.90 Å². The molecular formula is C22H22BrN3O3. The molecule has 0 saturated carbocycles. The lowest BCUT2D eigenvalue weighted by Gasteiger charge is -2.14. The second-order valence-corrected chi connectivity index (χ2v) is 7.98. The fraction of sp³-hybridized carbons (Fsp3) is 0.273. The van der Waals surface area contributed by atoms with E-state index in [2.05, 4.69) is 26.3 Å². The predicted octanol–water partition coefficient (Wildman–Crippen LogP) is 4.16. The van der Waals surface area contributed by atoms with E-state index in [1.807, 2.05) is 28.9 Å². The summed E-state index contributed by atoms with van der Waals surface area (Å²) >= 11 is 3.51. The number of fused-ring (bicyclic) bond motifs is 1. The van der Waals surface area contributed by atoms with Gasteiger partial charge in [-0.2, -0.15) is 5.10 Å². The number of phenolic OH excluding ortho intramolecular Hbond substituents is 1. The topological polar surface area (TPSA) is 76.4 Å². The van der Waals surface area contributed by atoms with Gasteiger partial charge in [0.25, 0.3) is 5.91 Å². The van der Waals surface area contributed by atoms with Crippen molar-refractivity contribution >= 4 is 21.8 Å². The summed E-state index contributed by atoms with van der Waals surface area (Å²) in [5, 5.41) is 17.4. The Morgan fingerprint density at radius 3 is 2.86 bits per heavy atom. The molecule has 4 rings (SSSR count). The van der Waals surface area contributed by atoms with Crippen LogP contribution in [0.15, 0.2) is 46.9 Å². The van der Waals surface area contributed by atoms with E-state index in [1.165, 1.54) is 7.11 Å². The third-order valence-corrected chi connectivity index (χ3v) is 5.64. The molecule has 150 valence electrons.